The van der Waals surface area contributed by atoms with E-state index in [2.05, 4.69) is 25.3 Å². The lowest BCUT2D eigenvalue weighted by Gasteiger charge is -2.22. The van der Waals surface area contributed by atoms with Crippen molar-refractivity contribution in [3.63, 3.8) is 0 Å². The highest BCUT2D eigenvalue weighted by Crippen LogP contribution is 2.37. The number of fused-ring (bicyclic) bond motifs is 2. The number of rotatable bonds is 5. The zero-order chi connectivity index (χ0) is 41.7. The molecule has 0 fully saturated rings. The monoisotopic (exact) mass is 790 g/mol. The van der Waals surface area contributed by atoms with Crippen LogP contribution in [0.25, 0.3) is 21.8 Å². The highest BCUT2D eigenvalue weighted by atomic mass is 19.4. The number of aryl methyl sites for hydroxylation is 1. The Morgan fingerprint density at radius 2 is 1.29 bits per heavy atom. The first kappa shape index (κ1) is 41.7. The maximum Gasteiger partial charge on any atom is 0.416 e. The Morgan fingerprint density at radius 1 is 0.655 bits per heavy atom. The number of nitrogens with one attached hydrogen (secondary N) is 1. The van der Waals surface area contributed by atoms with Gasteiger partial charge >= 0.3 is 6.18 Å². The van der Waals surface area contributed by atoms with Gasteiger partial charge in [0.2, 0.25) is 0 Å². The summed E-state index contributed by atoms with van der Waals surface area (Å²) in [6.07, 6.45) is 2.20. The standard InChI is InChI=1S/C22H18FN3O.C9H7NO.C8H4F4O.C5H6N2/c1-14-7-9-16(18(23)13-14)21(26-19-6-2-3-11-24-19)17-10-8-15-5-4-12-25-20(15)22(17)27;11-8-5-1-3-7-4-2-6-10-9(7)8;9-7-3-6(8(10,11)12)2-1-5(7)4-13;6-5-3-1-2-4-7-5/h2-13,21,27H,1H3,(H,24,26);1-6,11H;1-4H;1-4H,(H2,6,7). The first-order valence-electron chi connectivity index (χ1n) is 17.4. The molecule has 0 saturated carbocycles. The van der Waals surface area contributed by atoms with E-state index in [1.807, 2.05) is 73.7 Å². The smallest absolute Gasteiger partial charge is 0.416 e. The van der Waals surface area contributed by atoms with Gasteiger partial charge in [-0.2, -0.15) is 13.2 Å². The molecule has 4 aromatic carbocycles. The van der Waals surface area contributed by atoms with E-state index in [0.717, 1.165) is 22.4 Å². The molecule has 294 valence electrons. The average molecular weight is 791 g/mol. The predicted octanol–water partition coefficient (Wildman–Crippen LogP) is 10.2. The van der Waals surface area contributed by atoms with Crippen LogP contribution in [0, 0.1) is 18.6 Å². The number of carbonyl (C=O) groups is 1. The topological polar surface area (TPSA) is 147 Å². The number of nitrogens with zero attached hydrogens (tertiary/aromatic N) is 4. The van der Waals surface area contributed by atoms with E-state index in [-0.39, 0.29) is 29.2 Å². The number of nitrogen functional groups attached to an aromatic ring is 1. The number of nitrogens with two attached hydrogens (primary N) is 1. The van der Waals surface area contributed by atoms with Crippen molar-refractivity contribution < 1.29 is 37.0 Å². The molecular weight excluding hydrogens is 756 g/mol. The van der Waals surface area contributed by atoms with Gasteiger partial charge in [-0.05, 0) is 79.2 Å². The fraction of sp³-hybridized carbons (Fsp3) is 0.0682. The van der Waals surface area contributed by atoms with Gasteiger partial charge in [0, 0.05) is 46.7 Å². The van der Waals surface area contributed by atoms with Crippen LogP contribution in [0.2, 0.25) is 0 Å². The zero-order valence-corrected chi connectivity index (χ0v) is 30.6. The zero-order valence-electron chi connectivity index (χ0n) is 30.6. The number of pyridine rings is 4. The molecule has 0 amide bonds. The van der Waals surface area contributed by atoms with E-state index >= 15 is 0 Å². The molecule has 58 heavy (non-hydrogen) atoms. The molecule has 4 heterocycles. The minimum Gasteiger partial charge on any atom is -0.506 e. The van der Waals surface area contributed by atoms with Crippen molar-refractivity contribution in [2.75, 3.05) is 11.1 Å². The Hall–Kier alpha value is -7.48. The van der Waals surface area contributed by atoms with E-state index in [1.54, 1.807) is 61.2 Å². The van der Waals surface area contributed by atoms with Gasteiger partial charge in [0.05, 0.1) is 17.2 Å². The van der Waals surface area contributed by atoms with Crippen LogP contribution in [0.1, 0.15) is 38.7 Å². The lowest BCUT2D eigenvalue weighted by molar-refractivity contribution is -0.137. The van der Waals surface area contributed by atoms with E-state index in [9.17, 15) is 37.0 Å². The molecule has 5 N–H and O–H groups in total. The number of alkyl halides is 3. The number of aromatic hydroxyl groups is 2. The van der Waals surface area contributed by atoms with E-state index in [0.29, 0.717) is 45.9 Å². The molecule has 1 atom stereocenters. The minimum absolute atomic E-state index is 0.0292. The number of aldehydes is 1. The van der Waals surface area contributed by atoms with Crippen molar-refractivity contribution in [3.8, 4) is 11.5 Å². The van der Waals surface area contributed by atoms with Crippen LogP contribution in [0.15, 0.2) is 152 Å². The lowest BCUT2D eigenvalue weighted by Crippen LogP contribution is -2.15. The highest BCUT2D eigenvalue weighted by molar-refractivity contribution is 5.86. The van der Waals surface area contributed by atoms with Gasteiger partial charge < -0.3 is 21.3 Å². The summed E-state index contributed by atoms with van der Waals surface area (Å²) in [5, 5.41) is 25.2. The van der Waals surface area contributed by atoms with Gasteiger partial charge in [0.25, 0.3) is 0 Å². The maximum atomic E-state index is 14.8. The van der Waals surface area contributed by atoms with Crippen LogP contribution in [-0.2, 0) is 6.18 Å². The number of anilines is 2. The summed E-state index contributed by atoms with van der Waals surface area (Å²) < 4.78 is 63.3. The molecule has 0 aliphatic carbocycles. The highest BCUT2D eigenvalue weighted by Gasteiger charge is 2.31. The van der Waals surface area contributed by atoms with Crippen LogP contribution in [0.3, 0.4) is 0 Å². The first-order chi connectivity index (χ1) is 27.8. The Bertz CT molecular complexity index is 2590. The number of phenols is 2. The van der Waals surface area contributed by atoms with Gasteiger partial charge in [0.1, 0.15) is 45.8 Å². The fourth-order valence-corrected chi connectivity index (χ4v) is 5.43. The number of hydrogen-bond acceptors (Lipinski definition) is 9. The maximum absolute atomic E-state index is 14.8. The molecule has 8 rings (SSSR count). The Kier molecular flexibility index (Phi) is 13.9. The van der Waals surface area contributed by atoms with Crippen LogP contribution in [0.4, 0.5) is 33.6 Å². The molecule has 0 saturated heterocycles. The molecule has 8 aromatic rings. The van der Waals surface area contributed by atoms with Crippen molar-refractivity contribution in [2.24, 2.45) is 0 Å². The lowest BCUT2D eigenvalue weighted by atomic mass is 9.95. The van der Waals surface area contributed by atoms with Crippen molar-refractivity contribution >= 4 is 39.7 Å². The van der Waals surface area contributed by atoms with Crippen molar-refractivity contribution in [1.29, 1.82) is 0 Å². The number of phenolic OH excluding ortho intramolecular Hbond substituents is 2. The third-order valence-electron chi connectivity index (χ3n) is 8.27. The second-order valence-corrected chi connectivity index (χ2v) is 12.4. The van der Waals surface area contributed by atoms with E-state index in [1.165, 1.54) is 6.07 Å². The molecule has 1 unspecified atom stereocenters. The third kappa shape index (κ3) is 11.1. The molecule has 14 heteroatoms. The molecule has 4 aromatic heterocycles. The van der Waals surface area contributed by atoms with Gasteiger partial charge in [-0.3, -0.25) is 14.8 Å². The van der Waals surface area contributed by atoms with Gasteiger partial charge in [-0.1, -0.05) is 60.7 Å². The Morgan fingerprint density at radius 3 is 1.86 bits per heavy atom. The SMILES string of the molecule is Cc1ccc(C(Nc2ccccn2)c2ccc3cccnc3c2O)c(F)c1.Nc1ccccn1.O=Cc1ccc(C(F)(F)F)cc1F.Oc1cccc2cccnc12. The summed E-state index contributed by atoms with van der Waals surface area (Å²) in [7, 11) is 0. The molecule has 9 nitrogen and oxygen atoms in total. The number of carbonyl (C=O) groups excluding carboxylic acids is 1. The number of halogens is 5. The Balaban J connectivity index is 0.000000170. The molecule has 0 aliphatic rings. The summed E-state index contributed by atoms with van der Waals surface area (Å²) in [5.74, 6) is -0.0797. The Labute approximate surface area is 329 Å². The normalized spacial score (nSPS) is 11.1. The summed E-state index contributed by atoms with van der Waals surface area (Å²) in [6, 6.07) is 33.6. The molecule has 0 aliphatic heterocycles. The molecular formula is C44H35F5N6O3. The predicted molar refractivity (Wildman–Crippen MR) is 213 cm³/mol. The van der Waals surface area contributed by atoms with Crippen molar-refractivity contribution in [1.82, 2.24) is 19.9 Å². The van der Waals surface area contributed by atoms with E-state index < -0.39 is 23.6 Å². The summed E-state index contributed by atoms with van der Waals surface area (Å²) in [6.45, 7) is 1.84. The number of benzene rings is 4. The fourth-order valence-electron chi connectivity index (χ4n) is 5.43. The van der Waals surface area contributed by atoms with Crippen LogP contribution in [0.5, 0.6) is 11.5 Å². The largest absolute Gasteiger partial charge is 0.506 e. The molecule has 0 radical (unpaired) electrons. The molecule has 0 spiro atoms. The van der Waals surface area contributed by atoms with Crippen molar-refractivity contribution in [3.05, 3.63) is 192 Å². The molecule has 0 bridgehead atoms. The van der Waals surface area contributed by atoms with Gasteiger partial charge in [-0.25, -0.2) is 18.7 Å². The third-order valence-corrected chi connectivity index (χ3v) is 8.27. The number of para-hydroxylation sites is 1. The minimum atomic E-state index is -4.58. The summed E-state index contributed by atoms with van der Waals surface area (Å²) >= 11 is 0. The van der Waals surface area contributed by atoms with Crippen molar-refractivity contribution in [2.45, 2.75) is 19.1 Å². The van der Waals surface area contributed by atoms with E-state index in [4.69, 9.17) is 5.73 Å². The van der Waals surface area contributed by atoms with Gasteiger partial charge in [-0.15, -0.1) is 0 Å². The second kappa shape index (κ2) is 19.4. The number of aromatic nitrogens is 4. The summed E-state index contributed by atoms with van der Waals surface area (Å²) in [5.41, 5.74) is 6.70. The first-order valence-corrected chi connectivity index (χ1v) is 17.4. The van der Waals surface area contributed by atoms with Crippen LogP contribution >= 0.6 is 0 Å². The quantitative estimate of drug-likeness (QED) is 0.0988. The average Bonchev–Trinajstić information content (AvgIpc) is 3.22. The number of hydrogen-bond donors (Lipinski definition) is 4. The van der Waals surface area contributed by atoms with Gasteiger partial charge in [0.15, 0.2) is 6.29 Å². The van der Waals surface area contributed by atoms with Crippen LogP contribution in [-0.4, -0.2) is 36.4 Å². The summed E-state index contributed by atoms with van der Waals surface area (Å²) in [4.78, 5) is 26.4. The second-order valence-electron chi connectivity index (χ2n) is 12.4. The van der Waals surface area contributed by atoms with Crippen LogP contribution < -0.4 is 11.1 Å².